The lowest BCUT2D eigenvalue weighted by molar-refractivity contribution is -0.118. The van der Waals surface area contributed by atoms with Crippen molar-refractivity contribution < 1.29 is 22.7 Å². The fourth-order valence-corrected chi connectivity index (χ4v) is 3.11. The Labute approximate surface area is 145 Å². The van der Waals surface area contributed by atoms with Gasteiger partial charge in [0.25, 0.3) is 10.0 Å². The van der Waals surface area contributed by atoms with Crippen LogP contribution in [0.3, 0.4) is 0 Å². The van der Waals surface area contributed by atoms with E-state index < -0.39 is 15.9 Å². The average molecular weight is 360 g/mol. The molecule has 0 atom stereocenters. The molecule has 7 nitrogen and oxygen atoms in total. The molecule has 0 aliphatic rings. The summed E-state index contributed by atoms with van der Waals surface area (Å²) in [5, 5.41) is 8.73. The Kier molecular flexibility index (Phi) is 5.62. The van der Waals surface area contributed by atoms with Crippen LogP contribution < -0.4 is 14.2 Å². The molecule has 0 saturated heterocycles. The van der Waals surface area contributed by atoms with Crippen LogP contribution in [0.2, 0.25) is 0 Å². The second-order valence-electron chi connectivity index (χ2n) is 5.03. The standard InChI is InChI=1S/C17H16N2O5S/c1-23-15-8-5-13(9-16(15)24-2)10-17(20)19-25(21,22)14-6-3-12(11-18)4-7-14/h3-9H,10H2,1-2H3,(H,19,20). The van der Waals surface area contributed by atoms with Gasteiger partial charge in [0.15, 0.2) is 11.5 Å². The lowest BCUT2D eigenvalue weighted by atomic mass is 10.1. The molecular formula is C17H16N2O5S. The number of amides is 1. The molecule has 130 valence electrons. The molecule has 0 aliphatic carbocycles. The summed E-state index contributed by atoms with van der Waals surface area (Å²) >= 11 is 0. The number of sulfonamides is 1. The smallest absolute Gasteiger partial charge is 0.264 e. The first-order valence-electron chi connectivity index (χ1n) is 7.16. The van der Waals surface area contributed by atoms with E-state index in [9.17, 15) is 13.2 Å². The first-order valence-corrected chi connectivity index (χ1v) is 8.64. The Balaban J connectivity index is 2.12. The van der Waals surface area contributed by atoms with Crippen LogP contribution in [0, 0.1) is 11.3 Å². The highest BCUT2D eigenvalue weighted by Gasteiger charge is 2.18. The second-order valence-corrected chi connectivity index (χ2v) is 6.71. The Hall–Kier alpha value is -3.05. The van der Waals surface area contributed by atoms with Crippen LogP contribution in [-0.2, 0) is 21.2 Å². The van der Waals surface area contributed by atoms with Gasteiger partial charge in [-0.3, -0.25) is 4.79 Å². The number of rotatable bonds is 6. The quantitative estimate of drug-likeness (QED) is 0.839. The van der Waals surface area contributed by atoms with E-state index in [1.165, 1.54) is 38.5 Å². The maximum atomic E-state index is 12.2. The fourth-order valence-electron chi connectivity index (χ4n) is 2.13. The van der Waals surface area contributed by atoms with E-state index in [4.69, 9.17) is 14.7 Å². The van der Waals surface area contributed by atoms with Crippen molar-refractivity contribution in [2.75, 3.05) is 14.2 Å². The van der Waals surface area contributed by atoms with Crippen LogP contribution in [0.4, 0.5) is 0 Å². The lowest BCUT2D eigenvalue weighted by Crippen LogP contribution is -2.31. The molecule has 0 bridgehead atoms. The summed E-state index contributed by atoms with van der Waals surface area (Å²) in [4.78, 5) is 12.0. The van der Waals surface area contributed by atoms with Crippen molar-refractivity contribution in [3.8, 4) is 17.6 Å². The topological polar surface area (TPSA) is 105 Å². The molecular weight excluding hydrogens is 344 g/mol. The predicted octanol–water partition coefficient (Wildman–Crippen LogP) is 1.62. The number of nitriles is 1. The molecule has 0 radical (unpaired) electrons. The zero-order valence-corrected chi connectivity index (χ0v) is 14.5. The fraction of sp³-hybridized carbons (Fsp3) is 0.176. The number of methoxy groups -OCH3 is 2. The van der Waals surface area contributed by atoms with Gasteiger partial charge in [-0.05, 0) is 42.0 Å². The van der Waals surface area contributed by atoms with Crippen LogP contribution >= 0.6 is 0 Å². The van der Waals surface area contributed by atoms with Crippen molar-refractivity contribution in [2.45, 2.75) is 11.3 Å². The van der Waals surface area contributed by atoms with E-state index in [2.05, 4.69) is 0 Å². The molecule has 1 N–H and O–H groups in total. The molecule has 25 heavy (non-hydrogen) atoms. The second kappa shape index (κ2) is 7.68. The lowest BCUT2D eigenvalue weighted by Gasteiger charge is -2.10. The van der Waals surface area contributed by atoms with E-state index in [1.54, 1.807) is 18.2 Å². The van der Waals surface area contributed by atoms with Crippen molar-refractivity contribution in [3.05, 3.63) is 53.6 Å². The van der Waals surface area contributed by atoms with E-state index in [1.807, 2.05) is 10.8 Å². The summed E-state index contributed by atoms with van der Waals surface area (Å²) in [5.74, 6) is 0.274. The molecule has 0 aromatic heterocycles. The zero-order chi connectivity index (χ0) is 18.4. The summed E-state index contributed by atoms with van der Waals surface area (Å²) in [5.41, 5.74) is 0.904. The van der Waals surface area contributed by atoms with E-state index in [0.717, 1.165) is 0 Å². The van der Waals surface area contributed by atoms with Crippen molar-refractivity contribution in [2.24, 2.45) is 0 Å². The van der Waals surface area contributed by atoms with Crippen LogP contribution in [-0.4, -0.2) is 28.5 Å². The van der Waals surface area contributed by atoms with Crippen LogP contribution in [0.1, 0.15) is 11.1 Å². The molecule has 2 aromatic rings. The minimum atomic E-state index is -4.00. The molecule has 1 amide bonds. The third-order valence-electron chi connectivity index (χ3n) is 3.35. The molecule has 0 heterocycles. The molecule has 8 heteroatoms. The summed E-state index contributed by atoms with van der Waals surface area (Å²) in [6, 6.07) is 12.1. The van der Waals surface area contributed by atoms with Gasteiger partial charge in [-0.15, -0.1) is 0 Å². The van der Waals surface area contributed by atoms with Crippen molar-refractivity contribution in [1.82, 2.24) is 4.72 Å². The van der Waals surface area contributed by atoms with Crippen molar-refractivity contribution in [3.63, 3.8) is 0 Å². The van der Waals surface area contributed by atoms with E-state index in [0.29, 0.717) is 22.6 Å². The van der Waals surface area contributed by atoms with Gasteiger partial charge in [0, 0.05) is 0 Å². The van der Waals surface area contributed by atoms with Gasteiger partial charge < -0.3 is 9.47 Å². The third-order valence-corrected chi connectivity index (χ3v) is 4.74. The maximum absolute atomic E-state index is 12.2. The van der Waals surface area contributed by atoms with E-state index >= 15 is 0 Å². The highest BCUT2D eigenvalue weighted by Crippen LogP contribution is 2.27. The van der Waals surface area contributed by atoms with Gasteiger partial charge in [0.05, 0.1) is 37.2 Å². The normalized spacial score (nSPS) is 10.6. The number of carbonyl (C=O) groups excluding carboxylic acids is 1. The van der Waals surface area contributed by atoms with E-state index in [-0.39, 0.29) is 11.3 Å². The molecule has 0 unspecified atom stereocenters. The molecule has 0 spiro atoms. The van der Waals surface area contributed by atoms with Crippen molar-refractivity contribution >= 4 is 15.9 Å². The van der Waals surface area contributed by atoms with Gasteiger partial charge in [-0.2, -0.15) is 5.26 Å². The van der Waals surface area contributed by atoms with Gasteiger partial charge in [-0.1, -0.05) is 6.07 Å². The molecule has 0 fully saturated rings. The monoisotopic (exact) mass is 360 g/mol. The average Bonchev–Trinajstić information content (AvgIpc) is 2.61. The first kappa shape index (κ1) is 18.3. The summed E-state index contributed by atoms with van der Waals surface area (Å²) in [7, 11) is -1.03. The Morgan fingerprint density at radius 1 is 1.08 bits per heavy atom. The highest BCUT2D eigenvalue weighted by atomic mass is 32.2. The van der Waals surface area contributed by atoms with Crippen LogP contribution in [0.25, 0.3) is 0 Å². The summed E-state index contributed by atoms with van der Waals surface area (Å²) in [6.07, 6.45) is -0.143. The number of nitrogens with one attached hydrogen (secondary N) is 1. The minimum Gasteiger partial charge on any atom is -0.493 e. The number of hydrogen-bond acceptors (Lipinski definition) is 6. The maximum Gasteiger partial charge on any atom is 0.264 e. The molecule has 2 aromatic carbocycles. The third kappa shape index (κ3) is 4.49. The Morgan fingerprint density at radius 2 is 1.72 bits per heavy atom. The van der Waals surface area contributed by atoms with Gasteiger partial charge in [-0.25, -0.2) is 13.1 Å². The Bertz CT molecular complexity index is 915. The zero-order valence-electron chi connectivity index (χ0n) is 13.6. The van der Waals surface area contributed by atoms with Crippen LogP contribution in [0.5, 0.6) is 11.5 Å². The number of hydrogen-bond donors (Lipinski definition) is 1. The van der Waals surface area contributed by atoms with Gasteiger partial charge in [0.2, 0.25) is 5.91 Å². The van der Waals surface area contributed by atoms with Gasteiger partial charge >= 0.3 is 0 Å². The van der Waals surface area contributed by atoms with Crippen molar-refractivity contribution in [1.29, 1.82) is 5.26 Å². The highest BCUT2D eigenvalue weighted by molar-refractivity contribution is 7.90. The Morgan fingerprint density at radius 3 is 2.28 bits per heavy atom. The van der Waals surface area contributed by atoms with Crippen LogP contribution in [0.15, 0.2) is 47.4 Å². The largest absolute Gasteiger partial charge is 0.493 e. The number of carbonyl (C=O) groups is 1. The first-order chi connectivity index (χ1) is 11.9. The summed E-state index contributed by atoms with van der Waals surface area (Å²) in [6.45, 7) is 0. The number of benzene rings is 2. The molecule has 0 saturated carbocycles. The predicted molar refractivity (Wildman–Crippen MR) is 89.7 cm³/mol. The number of nitrogens with zero attached hydrogens (tertiary/aromatic N) is 1. The SMILES string of the molecule is COc1ccc(CC(=O)NS(=O)(=O)c2ccc(C#N)cc2)cc1OC. The molecule has 0 aliphatic heterocycles. The molecule has 2 rings (SSSR count). The minimum absolute atomic E-state index is 0.0906. The van der Waals surface area contributed by atoms with Gasteiger partial charge in [0.1, 0.15) is 0 Å². The summed E-state index contributed by atoms with van der Waals surface area (Å²) < 4.78 is 36.7. The number of ether oxygens (including phenoxy) is 2.